The van der Waals surface area contributed by atoms with Gasteiger partial charge in [-0.1, -0.05) is 38.1 Å². The zero-order valence-electron chi connectivity index (χ0n) is 18.4. The summed E-state index contributed by atoms with van der Waals surface area (Å²) in [6.07, 6.45) is 5.67. The van der Waals surface area contributed by atoms with Crippen molar-refractivity contribution >= 4 is 22.7 Å². The Hall–Kier alpha value is -2.91. The minimum Gasteiger partial charge on any atom is -0.369 e. The Labute approximate surface area is 191 Å². The van der Waals surface area contributed by atoms with E-state index >= 15 is 0 Å². The molecule has 1 aliphatic rings. The van der Waals surface area contributed by atoms with Gasteiger partial charge in [-0.3, -0.25) is 0 Å². The number of nitrogens with two attached hydrogens (primary N) is 1. The second-order valence-corrected chi connectivity index (χ2v) is 8.40. The van der Waals surface area contributed by atoms with Gasteiger partial charge in [0.15, 0.2) is 5.65 Å². The molecule has 3 heterocycles. The van der Waals surface area contributed by atoms with Crippen LogP contribution in [0.15, 0.2) is 72.0 Å². The first-order chi connectivity index (χ1) is 15.7. The molecule has 0 spiro atoms. The smallest absolute Gasteiger partial charge is 0.272 e. The summed E-state index contributed by atoms with van der Waals surface area (Å²) in [5.41, 5.74) is 5.97. The molecule has 0 radical (unpaired) electrons. The van der Waals surface area contributed by atoms with Crippen LogP contribution in [0.2, 0.25) is 0 Å². The molecule has 1 saturated heterocycles. The molecule has 5 rings (SSSR count). The van der Waals surface area contributed by atoms with Gasteiger partial charge in [-0.15, -0.1) is 5.14 Å². The number of nitrogens with one attached hydrogen (secondary N) is 1. The summed E-state index contributed by atoms with van der Waals surface area (Å²) in [4.78, 5) is 7.76. The zero-order valence-corrected chi connectivity index (χ0v) is 19.2. The minimum absolute atomic E-state index is 0.688. The van der Waals surface area contributed by atoms with E-state index in [-0.39, 0.29) is 0 Å². The van der Waals surface area contributed by atoms with Crippen LogP contribution in [-0.2, 0) is 11.4 Å². The van der Waals surface area contributed by atoms with E-state index in [2.05, 4.69) is 44.6 Å². The van der Waals surface area contributed by atoms with E-state index in [0.717, 1.165) is 54.1 Å². The van der Waals surface area contributed by atoms with E-state index in [4.69, 9.17) is 5.14 Å². The molecule has 32 heavy (non-hydrogen) atoms. The van der Waals surface area contributed by atoms with Crippen molar-refractivity contribution in [3.05, 3.63) is 67.1 Å². The number of fused-ring (bicyclic) bond motifs is 1. The molecule has 1 aliphatic heterocycles. The second kappa shape index (κ2) is 10.1. The lowest BCUT2D eigenvalue weighted by molar-refractivity contribution is 0.589. The Morgan fingerprint density at radius 2 is 1.72 bits per heavy atom. The third-order valence-electron chi connectivity index (χ3n) is 5.43. The Kier molecular flexibility index (Phi) is 7.06. The van der Waals surface area contributed by atoms with Crippen molar-refractivity contribution in [1.82, 2.24) is 19.9 Å². The van der Waals surface area contributed by atoms with Crippen molar-refractivity contribution in [2.24, 2.45) is 5.14 Å². The third kappa shape index (κ3) is 4.63. The van der Waals surface area contributed by atoms with Gasteiger partial charge in [-0.05, 0) is 29.3 Å². The van der Waals surface area contributed by atoms with Crippen molar-refractivity contribution in [2.75, 3.05) is 31.1 Å². The Balaban J connectivity index is 0.00000119. The number of benzene rings is 2. The maximum atomic E-state index is 9.69. The molecule has 8 heteroatoms. The quantitative estimate of drug-likeness (QED) is 0.410. The summed E-state index contributed by atoms with van der Waals surface area (Å²) in [7, 11) is 0. The van der Waals surface area contributed by atoms with Crippen LogP contribution >= 0.6 is 0 Å². The van der Waals surface area contributed by atoms with Crippen molar-refractivity contribution < 1.29 is 4.55 Å². The fourth-order valence-electron chi connectivity index (χ4n) is 3.81. The highest BCUT2D eigenvalue weighted by molar-refractivity contribution is 7.89. The lowest BCUT2D eigenvalue weighted by atomic mass is 10.1. The van der Waals surface area contributed by atoms with Gasteiger partial charge in [0.2, 0.25) is 4.90 Å². The number of rotatable bonds is 4. The van der Waals surface area contributed by atoms with Gasteiger partial charge < -0.3 is 10.2 Å². The van der Waals surface area contributed by atoms with E-state index in [0.29, 0.717) is 4.90 Å². The summed E-state index contributed by atoms with van der Waals surface area (Å²) in [6, 6.07) is 16.2. The fourth-order valence-corrected chi connectivity index (χ4v) is 4.27. The topological polar surface area (TPSA) is 91.7 Å². The molecular formula is C24H29N6OS+. The number of aromatic nitrogens is 3. The molecule has 0 amide bonds. The van der Waals surface area contributed by atoms with Crippen LogP contribution in [0.5, 0.6) is 0 Å². The average molecular weight is 450 g/mol. The molecular weight excluding hydrogens is 420 g/mol. The average Bonchev–Trinajstić information content (AvgIpc) is 3.29. The molecule has 1 atom stereocenters. The van der Waals surface area contributed by atoms with Gasteiger partial charge in [0.05, 0.1) is 6.20 Å². The van der Waals surface area contributed by atoms with Crippen molar-refractivity contribution in [3.8, 4) is 22.3 Å². The highest BCUT2D eigenvalue weighted by atomic mass is 32.2. The number of hydrogen-bond donors (Lipinski definition) is 3. The molecule has 7 nitrogen and oxygen atoms in total. The first-order valence-electron chi connectivity index (χ1n) is 10.9. The first-order valence-corrected chi connectivity index (χ1v) is 12.1. The summed E-state index contributed by atoms with van der Waals surface area (Å²) < 4.78 is 11.5. The summed E-state index contributed by atoms with van der Waals surface area (Å²) in [6.45, 7) is 8.12. The summed E-state index contributed by atoms with van der Waals surface area (Å²) >= 11 is -1.27. The van der Waals surface area contributed by atoms with Crippen LogP contribution in [0.3, 0.4) is 0 Å². The maximum absolute atomic E-state index is 9.69. The first kappa shape index (κ1) is 22.3. The molecule has 1 unspecified atom stereocenters. The third-order valence-corrected chi connectivity index (χ3v) is 6.16. The predicted molar refractivity (Wildman–Crippen MR) is 133 cm³/mol. The van der Waals surface area contributed by atoms with Gasteiger partial charge in [-0.25, -0.2) is 9.50 Å². The van der Waals surface area contributed by atoms with E-state index in [9.17, 15) is 4.55 Å². The molecule has 0 saturated carbocycles. The zero-order chi connectivity index (χ0) is 22.5. The van der Waals surface area contributed by atoms with E-state index < -0.39 is 11.4 Å². The van der Waals surface area contributed by atoms with E-state index in [1.54, 1.807) is 10.7 Å². The molecule has 0 bridgehead atoms. The van der Waals surface area contributed by atoms with Crippen LogP contribution < -0.4 is 15.4 Å². The van der Waals surface area contributed by atoms with Crippen LogP contribution in [0.4, 0.5) is 5.69 Å². The number of anilines is 1. The molecule has 4 N–H and O–H groups in total. The van der Waals surface area contributed by atoms with Crippen molar-refractivity contribution in [3.63, 3.8) is 0 Å². The molecule has 166 valence electrons. The molecule has 4 aromatic rings. The van der Waals surface area contributed by atoms with Gasteiger partial charge in [0, 0.05) is 61.5 Å². The van der Waals surface area contributed by atoms with Crippen LogP contribution in [0.25, 0.3) is 27.9 Å². The van der Waals surface area contributed by atoms with Crippen molar-refractivity contribution in [2.45, 2.75) is 18.7 Å². The molecule has 1 fully saturated rings. The number of piperazine rings is 1. The number of nitrogens with zero attached hydrogens (tertiary/aromatic N) is 4. The maximum Gasteiger partial charge on any atom is 0.272 e. The fraction of sp³-hybridized carbons (Fsp3) is 0.250. The molecule has 2 aromatic heterocycles. The van der Waals surface area contributed by atoms with Crippen molar-refractivity contribution in [1.29, 1.82) is 0 Å². The van der Waals surface area contributed by atoms with E-state index in [1.165, 1.54) is 5.69 Å². The normalized spacial score (nSPS) is 14.7. The summed E-state index contributed by atoms with van der Waals surface area (Å²) in [5.74, 6) is 0. The summed E-state index contributed by atoms with van der Waals surface area (Å²) in [5, 5.41) is 13.5. The Morgan fingerprint density at radius 3 is 2.44 bits per heavy atom. The minimum atomic E-state index is -1.27. The van der Waals surface area contributed by atoms with Crippen LogP contribution in [0, 0.1) is 0 Å². The lowest BCUT2D eigenvalue weighted by Crippen LogP contribution is -2.43. The lowest BCUT2D eigenvalue weighted by Gasteiger charge is -2.29. The predicted octanol–water partition coefficient (Wildman–Crippen LogP) is 3.82. The van der Waals surface area contributed by atoms with Gasteiger partial charge in [0.1, 0.15) is 0 Å². The van der Waals surface area contributed by atoms with Crippen LogP contribution in [0.1, 0.15) is 13.8 Å². The van der Waals surface area contributed by atoms with Gasteiger partial charge >= 0.3 is 0 Å². The SMILES string of the molecule is CC.N[S+](O)c1cccc(-c2cnn3cc(-c4ccc(N5CCNCC5)cc4)cnc23)c1. The monoisotopic (exact) mass is 449 g/mol. The van der Waals surface area contributed by atoms with Crippen LogP contribution in [-0.4, -0.2) is 45.3 Å². The highest BCUT2D eigenvalue weighted by Gasteiger charge is 2.17. The van der Waals surface area contributed by atoms with Gasteiger partial charge in [-0.2, -0.15) is 9.65 Å². The Morgan fingerprint density at radius 1 is 0.969 bits per heavy atom. The molecule has 0 aliphatic carbocycles. The number of hydrogen-bond acceptors (Lipinski definition) is 6. The largest absolute Gasteiger partial charge is 0.369 e. The standard InChI is InChI=1S/C22H23N6OS.C2H6/c23-30(29)20-3-1-2-17(12-20)21-14-26-28-15-18(13-25-22(21)28)16-4-6-19(7-5-16)27-10-8-24-9-11-27;1-2/h1-7,12-15,24,29H,8-11,23H2;1-2H3/q+1;. The van der Waals surface area contributed by atoms with E-state index in [1.807, 2.05) is 50.5 Å². The van der Waals surface area contributed by atoms with Gasteiger partial charge in [0.25, 0.3) is 11.4 Å². The highest BCUT2D eigenvalue weighted by Crippen LogP contribution is 2.28. The second-order valence-electron chi connectivity index (χ2n) is 7.30. The molecule has 2 aromatic carbocycles. The Bertz CT molecular complexity index is 1170.